The van der Waals surface area contributed by atoms with Crippen molar-refractivity contribution in [2.24, 2.45) is 0 Å². The van der Waals surface area contributed by atoms with Crippen molar-refractivity contribution < 1.29 is 16.8 Å². The van der Waals surface area contributed by atoms with Crippen LogP contribution in [0.2, 0.25) is 0 Å². The van der Waals surface area contributed by atoms with Crippen LogP contribution in [0.3, 0.4) is 0 Å². The lowest BCUT2D eigenvalue weighted by Crippen LogP contribution is -2.28. The molecule has 0 aliphatic rings. The Kier molecular flexibility index (Phi) is 5.35. The van der Waals surface area contributed by atoms with E-state index in [0.717, 1.165) is 0 Å². The van der Waals surface area contributed by atoms with Crippen LogP contribution in [0.1, 0.15) is 0 Å². The molecule has 0 aliphatic carbocycles. The molecule has 0 aliphatic heterocycles. The number of benzene rings is 2. The van der Waals surface area contributed by atoms with Gasteiger partial charge in [0.1, 0.15) is 0 Å². The van der Waals surface area contributed by atoms with Crippen LogP contribution in [0.4, 0.5) is 0 Å². The summed E-state index contributed by atoms with van der Waals surface area (Å²) in [5.41, 5.74) is 0. The van der Waals surface area contributed by atoms with Gasteiger partial charge in [0.2, 0.25) is 0 Å². The summed E-state index contributed by atoms with van der Waals surface area (Å²) >= 11 is 12.0. The van der Waals surface area contributed by atoms with E-state index in [4.69, 9.17) is 11.8 Å². The fraction of sp³-hybridized carbons (Fsp3) is 0. The molecule has 22 heavy (non-hydrogen) atoms. The largest absolute Gasteiger partial charge is 0.270 e. The molecule has 0 saturated carbocycles. The summed E-state index contributed by atoms with van der Waals surface area (Å²) in [7, 11) is -8.79. The van der Waals surface area contributed by atoms with Gasteiger partial charge in [0.05, 0.1) is 9.79 Å². The van der Waals surface area contributed by atoms with Crippen LogP contribution in [-0.4, -0.2) is 20.1 Å². The molecule has 0 radical (unpaired) electrons. The van der Waals surface area contributed by atoms with E-state index < -0.39 is 20.0 Å². The van der Waals surface area contributed by atoms with Crippen molar-refractivity contribution in [1.29, 1.82) is 0 Å². The predicted octanol–water partition coefficient (Wildman–Crippen LogP) is 3.75. The molecule has 10 heteroatoms. The Morgan fingerprint density at radius 1 is 0.682 bits per heavy atom. The second kappa shape index (κ2) is 6.58. The average molecular weight is 490 g/mol. The lowest BCUT2D eigenvalue weighted by atomic mass is 10.4. The number of rotatable bonds is 4. The standard InChI is InChI=1S/C12H8Br2ClNO4S2/c13-9-1-5-11(6-2-9)21(17,18)16(15)22(19,20)12-7-3-10(14)4-8-12/h1-8H. The average Bonchev–Trinajstić information content (AvgIpc) is 2.47. The lowest BCUT2D eigenvalue weighted by molar-refractivity contribution is 0.552. The van der Waals surface area contributed by atoms with Gasteiger partial charge >= 0.3 is 0 Å². The van der Waals surface area contributed by atoms with Gasteiger partial charge in [-0.3, -0.25) is 0 Å². The summed E-state index contributed by atoms with van der Waals surface area (Å²) < 4.78 is 50.4. The number of sulfonamides is 2. The Morgan fingerprint density at radius 2 is 0.955 bits per heavy atom. The molecular formula is C12H8Br2ClNO4S2. The molecule has 118 valence electrons. The van der Waals surface area contributed by atoms with Gasteiger partial charge < -0.3 is 0 Å². The second-order valence-electron chi connectivity index (χ2n) is 4.07. The van der Waals surface area contributed by atoms with Gasteiger partial charge in [-0.05, 0) is 48.5 Å². The van der Waals surface area contributed by atoms with E-state index in [-0.39, 0.29) is 13.0 Å². The molecule has 0 unspecified atom stereocenters. The van der Waals surface area contributed by atoms with Gasteiger partial charge in [-0.2, -0.15) is 0 Å². The molecule has 0 spiro atoms. The smallest absolute Gasteiger partial charge is 0.205 e. The van der Waals surface area contributed by atoms with Crippen molar-refractivity contribution in [2.45, 2.75) is 9.79 Å². The van der Waals surface area contributed by atoms with Gasteiger partial charge in [0.25, 0.3) is 20.0 Å². The molecule has 0 amide bonds. The monoisotopic (exact) mass is 487 g/mol. The van der Waals surface area contributed by atoms with Crippen LogP contribution < -0.4 is 0 Å². The third-order valence-corrected chi connectivity index (χ3v) is 8.42. The maximum Gasteiger partial charge on any atom is 0.270 e. The van der Waals surface area contributed by atoms with E-state index in [9.17, 15) is 16.8 Å². The molecule has 0 N–H and O–H groups in total. The van der Waals surface area contributed by atoms with Crippen LogP contribution in [0.15, 0.2) is 67.3 Å². The second-order valence-corrected chi connectivity index (χ2v) is 10.4. The molecule has 0 heterocycles. The molecule has 2 rings (SSSR count). The first-order chi connectivity index (χ1) is 10.2. The Hall–Kier alpha value is -0.450. The van der Waals surface area contributed by atoms with Crippen LogP contribution >= 0.6 is 43.6 Å². The van der Waals surface area contributed by atoms with Crippen LogP contribution in [0, 0.1) is 0 Å². The third-order valence-electron chi connectivity index (χ3n) is 2.60. The summed E-state index contributed by atoms with van der Waals surface area (Å²) in [6, 6.07) is 10.9. The van der Waals surface area contributed by atoms with Crippen LogP contribution in [0.25, 0.3) is 0 Å². The minimum Gasteiger partial charge on any atom is -0.205 e. The molecule has 5 nitrogen and oxygen atoms in total. The molecule has 2 aromatic carbocycles. The topological polar surface area (TPSA) is 71.5 Å². The van der Waals surface area contributed by atoms with Crippen molar-refractivity contribution >= 4 is 63.7 Å². The van der Waals surface area contributed by atoms with Crippen molar-refractivity contribution in [3.63, 3.8) is 0 Å². The zero-order valence-corrected chi connectivity index (χ0v) is 16.2. The summed E-state index contributed by atoms with van der Waals surface area (Å²) in [4.78, 5) is -0.460. The highest BCUT2D eigenvalue weighted by molar-refractivity contribution is 9.10. The predicted molar refractivity (Wildman–Crippen MR) is 90.3 cm³/mol. The summed E-state index contributed by atoms with van der Waals surface area (Å²) in [6.45, 7) is 0. The molecule has 0 aromatic heterocycles. The summed E-state index contributed by atoms with van der Waals surface area (Å²) in [6.07, 6.45) is 0. The van der Waals surface area contributed by atoms with E-state index >= 15 is 0 Å². The maximum atomic E-state index is 12.3. The Bertz CT molecular complexity index is 806. The fourth-order valence-electron chi connectivity index (χ4n) is 1.51. The Balaban J connectivity index is 2.47. The normalized spacial score (nSPS) is 12.5. The summed E-state index contributed by atoms with van der Waals surface area (Å²) in [5.74, 6) is 0. The number of halogens is 3. The van der Waals surface area contributed by atoms with Crippen molar-refractivity contribution in [3.8, 4) is 0 Å². The van der Waals surface area contributed by atoms with Gasteiger partial charge in [0, 0.05) is 24.0 Å². The minimum atomic E-state index is -4.39. The first kappa shape index (κ1) is 17.9. The van der Waals surface area contributed by atoms with Crippen LogP contribution in [0.5, 0.6) is 0 Å². The highest BCUT2D eigenvalue weighted by atomic mass is 79.9. The highest BCUT2D eigenvalue weighted by Crippen LogP contribution is 2.27. The first-order valence-electron chi connectivity index (χ1n) is 5.63. The summed E-state index contributed by atoms with van der Waals surface area (Å²) in [5, 5.41) is 0. The molecule has 0 fully saturated rings. The van der Waals surface area contributed by atoms with E-state index in [1.54, 1.807) is 0 Å². The lowest BCUT2D eigenvalue weighted by Gasteiger charge is -2.14. The van der Waals surface area contributed by atoms with E-state index in [1.165, 1.54) is 48.5 Å². The van der Waals surface area contributed by atoms with Gasteiger partial charge in [-0.1, -0.05) is 31.9 Å². The van der Waals surface area contributed by atoms with Crippen LogP contribution in [-0.2, 0) is 20.0 Å². The number of nitrogens with zero attached hydrogens (tertiary/aromatic N) is 1. The number of hydrogen-bond acceptors (Lipinski definition) is 4. The van der Waals surface area contributed by atoms with Gasteiger partial charge in [0.15, 0.2) is 0 Å². The van der Waals surface area contributed by atoms with Crippen molar-refractivity contribution in [2.75, 3.05) is 0 Å². The zero-order valence-electron chi connectivity index (χ0n) is 10.6. The molecule has 0 atom stereocenters. The van der Waals surface area contributed by atoms with Gasteiger partial charge in [-0.15, -0.1) is 0 Å². The van der Waals surface area contributed by atoms with Gasteiger partial charge in [-0.25, -0.2) is 16.8 Å². The third kappa shape index (κ3) is 3.55. The van der Waals surface area contributed by atoms with Crippen molar-refractivity contribution in [1.82, 2.24) is 3.23 Å². The zero-order chi connectivity index (χ0) is 16.5. The molecular weight excluding hydrogens is 482 g/mol. The maximum absolute atomic E-state index is 12.3. The first-order valence-corrected chi connectivity index (χ1v) is 10.4. The number of hydrogen-bond donors (Lipinski definition) is 0. The van der Waals surface area contributed by atoms with Crippen molar-refractivity contribution in [3.05, 3.63) is 57.5 Å². The quantitative estimate of drug-likeness (QED) is 0.614. The highest BCUT2D eigenvalue weighted by Gasteiger charge is 2.35. The van der Waals surface area contributed by atoms with E-state index in [2.05, 4.69) is 31.9 Å². The molecule has 2 aromatic rings. The Morgan fingerprint density at radius 3 is 1.23 bits per heavy atom. The fourth-order valence-corrected chi connectivity index (χ4v) is 5.36. The molecule has 0 saturated heterocycles. The minimum absolute atomic E-state index is 0.146. The molecule has 0 bridgehead atoms. The van der Waals surface area contributed by atoms with E-state index in [0.29, 0.717) is 8.95 Å². The Labute approximate surface area is 150 Å². The van der Waals surface area contributed by atoms with E-state index in [1.807, 2.05) is 0 Å². The SMILES string of the molecule is O=S(=O)(c1ccc(Br)cc1)N(Cl)S(=O)(=O)c1ccc(Br)cc1.